The van der Waals surface area contributed by atoms with Crippen LogP contribution in [0.5, 0.6) is 0 Å². The average molecular weight is 287 g/mol. The maximum atomic E-state index is 4.06. The Hall–Kier alpha value is -0.720. The summed E-state index contributed by atoms with van der Waals surface area (Å²) in [4.78, 5) is 1.26. The molecule has 0 aliphatic rings. The normalized spacial score (nSPS) is 10.8. The van der Waals surface area contributed by atoms with Crippen molar-refractivity contribution < 1.29 is 0 Å². The summed E-state index contributed by atoms with van der Waals surface area (Å²) in [6, 6.07) is 2.05. The predicted octanol–water partition coefficient (Wildman–Crippen LogP) is 1.87. The summed E-state index contributed by atoms with van der Waals surface area (Å²) in [5.74, 6) is 0. The molecule has 2 aromatic heterocycles. The molecule has 2 rings (SSSR count). The van der Waals surface area contributed by atoms with E-state index in [4.69, 9.17) is 0 Å². The number of aromatic nitrogens is 3. The maximum absolute atomic E-state index is 4.06. The maximum Gasteiger partial charge on any atom is 0.0964 e. The van der Waals surface area contributed by atoms with Crippen LogP contribution in [0.4, 0.5) is 0 Å². The first-order valence-electron chi connectivity index (χ1n) is 4.55. The fourth-order valence-electron chi connectivity index (χ4n) is 1.26. The van der Waals surface area contributed by atoms with Crippen molar-refractivity contribution in [3.63, 3.8) is 0 Å². The van der Waals surface area contributed by atoms with Crippen LogP contribution in [0.2, 0.25) is 0 Å². The Kier molecular flexibility index (Phi) is 3.50. The first-order chi connectivity index (χ1) is 7.29. The minimum atomic E-state index is 0.756. The molecular weight excluding hydrogens is 276 g/mol. The van der Waals surface area contributed by atoms with Crippen molar-refractivity contribution in [1.82, 2.24) is 20.3 Å². The molecule has 0 aliphatic carbocycles. The Labute approximate surface area is 100 Å². The molecule has 0 unspecified atom stereocenters. The van der Waals surface area contributed by atoms with Gasteiger partial charge in [-0.25, -0.2) is 4.68 Å². The number of thiophene rings is 1. The van der Waals surface area contributed by atoms with E-state index >= 15 is 0 Å². The van der Waals surface area contributed by atoms with Gasteiger partial charge in [0.05, 0.1) is 18.4 Å². The lowest BCUT2D eigenvalue weighted by Crippen LogP contribution is -2.05. The van der Waals surface area contributed by atoms with Crippen LogP contribution in [0.15, 0.2) is 22.1 Å². The van der Waals surface area contributed by atoms with Crippen LogP contribution in [0.25, 0.3) is 0 Å². The summed E-state index contributed by atoms with van der Waals surface area (Å²) in [5, 5.41) is 13.2. The Bertz CT molecular complexity index is 437. The van der Waals surface area contributed by atoms with Gasteiger partial charge in [-0.05, 0) is 34.4 Å². The Balaban J connectivity index is 2.08. The van der Waals surface area contributed by atoms with Gasteiger partial charge in [0.2, 0.25) is 0 Å². The second kappa shape index (κ2) is 4.87. The number of rotatable bonds is 4. The number of hydrogen-bond acceptors (Lipinski definition) is 4. The van der Waals surface area contributed by atoms with Crippen LogP contribution < -0.4 is 5.32 Å². The van der Waals surface area contributed by atoms with Gasteiger partial charge in [-0.1, -0.05) is 5.21 Å². The second-order valence-corrected chi connectivity index (χ2v) is 4.98. The molecule has 2 heterocycles. The van der Waals surface area contributed by atoms with E-state index in [1.165, 1.54) is 4.88 Å². The monoisotopic (exact) mass is 286 g/mol. The van der Waals surface area contributed by atoms with Gasteiger partial charge in [-0.2, -0.15) is 0 Å². The summed E-state index contributed by atoms with van der Waals surface area (Å²) in [5.41, 5.74) is 0.963. The molecule has 0 aliphatic heterocycles. The van der Waals surface area contributed by atoms with Crippen molar-refractivity contribution in [3.8, 4) is 0 Å². The quantitative estimate of drug-likeness (QED) is 0.933. The van der Waals surface area contributed by atoms with E-state index in [2.05, 4.69) is 36.9 Å². The topological polar surface area (TPSA) is 42.7 Å². The zero-order valence-electron chi connectivity index (χ0n) is 8.27. The van der Waals surface area contributed by atoms with E-state index < -0.39 is 0 Å². The van der Waals surface area contributed by atoms with Gasteiger partial charge < -0.3 is 5.32 Å². The molecule has 4 nitrogen and oxygen atoms in total. The minimum absolute atomic E-state index is 0.756. The fourth-order valence-corrected chi connectivity index (χ4v) is 2.73. The van der Waals surface area contributed by atoms with E-state index in [0.29, 0.717) is 0 Å². The van der Waals surface area contributed by atoms with Crippen molar-refractivity contribution in [1.29, 1.82) is 0 Å². The fraction of sp³-hybridized carbons (Fsp3) is 0.333. The molecule has 0 atom stereocenters. The lowest BCUT2D eigenvalue weighted by Gasteiger charge is -1.97. The SMILES string of the molecule is CNCc1cn(Cc2sccc2Br)nn1. The lowest BCUT2D eigenvalue weighted by molar-refractivity contribution is 0.653. The van der Waals surface area contributed by atoms with Crippen LogP contribution >= 0.6 is 27.3 Å². The molecule has 1 N–H and O–H groups in total. The van der Waals surface area contributed by atoms with E-state index in [0.717, 1.165) is 23.3 Å². The highest BCUT2D eigenvalue weighted by molar-refractivity contribution is 9.10. The molecule has 15 heavy (non-hydrogen) atoms. The number of nitrogens with one attached hydrogen (secondary N) is 1. The van der Waals surface area contributed by atoms with Gasteiger partial charge in [-0.15, -0.1) is 16.4 Å². The van der Waals surface area contributed by atoms with Gasteiger partial charge in [0.25, 0.3) is 0 Å². The van der Waals surface area contributed by atoms with Crippen LogP contribution in [-0.2, 0) is 13.1 Å². The van der Waals surface area contributed by atoms with Crippen molar-refractivity contribution in [2.24, 2.45) is 0 Å². The predicted molar refractivity (Wildman–Crippen MR) is 63.9 cm³/mol. The van der Waals surface area contributed by atoms with E-state index in [9.17, 15) is 0 Å². The molecule has 0 saturated carbocycles. The van der Waals surface area contributed by atoms with Gasteiger partial charge >= 0.3 is 0 Å². The van der Waals surface area contributed by atoms with Gasteiger partial charge in [-0.3, -0.25) is 0 Å². The average Bonchev–Trinajstić information content (AvgIpc) is 2.79. The van der Waals surface area contributed by atoms with E-state index in [-0.39, 0.29) is 0 Å². The Morgan fingerprint density at radius 2 is 2.47 bits per heavy atom. The number of nitrogens with zero attached hydrogens (tertiary/aromatic N) is 3. The van der Waals surface area contributed by atoms with Crippen LogP contribution in [0, 0.1) is 0 Å². The van der Waals surface area contributed by atoms with Crippen LogP contribution in [0.1, 0.15) is 10.6 Å². The molecule has 0 amide bonds. The molecule has 0 saturated heterocycles. The van der Waals surface area contributed by atoms with Crippen molar-refractivity contribution in [2.45, 2.75) is 13.1 Å². The summed E-state index contributed by atoms with van der Waals surface area (Å²) in [7, 11) is 1.90. The molecule has 0 radical (unpaired) electrons. The highest BCUT2D eigenvalue weighted by atomic mass is 79.9. The first-order valence-corrected chi connectivity index (χ1v) is 6.22. The summed E-state index contributed by atoms with van der Waals surface area (Å²) < 4.78 is 2.99. The van der Waals surface area contributed by atoms with E-state index in [1.54, 1.807) is 11.3 Å². The molecule has 0 fully saturated rings. The van der Waals surface area contributed by atoms with Gasteiger partial charge in [0.1, 0.15) is 0 Å². The molecule has 0 spiro atoms. The minimum Gasteiger partial charge on any atom is -0.314 e. The third-order valence-corrected chi connectivity index (χ3v) is 3.85. The van der Waals surface area contributed by atoms with Crippen LogP contribution in [0.3, 0.4) is 0 Å². The zero-order valence-corrected chi connectivity index (χ0v) is 10.7. The molecule has 80 valence electrons. The summed E-state index contributed by atoms with van der Waals surface area (Å²) in [6.45, 7) is 1.53. The molecule has 0 aromatic carbocycles. The van der Waals surface area contributed by atoms with Gasteiger partial charge in [0, 0.05) is 15.9 Å². The van der Waals surface area contributed by atoms with Crippen molar-refractivity contribution >= 4 is 27.3 Å². The molecule has 2 aromatic rings. The van der Waals surface area contributed by atoms with Crippen LogP contribution in [-0.4, -0.2) is 22.0 Å². The number of halogens is 1. The smallest absolute Gasteiger partial charge is 0.0964 e. The van der Waals surface area contributed by atoms with Gasteiger partial charge in [0.15, 0.2) is 0 Å². The Morgan fingerprint density at radius 3 is 3.13 bits per heavy atom. The summed E-state index contributed by atoms with van der Waals surface area (Å²) in [6.07, 6.45) is 1.96. The summed E-state index contributed by atoms with van der Waals surface area (Å²) >= 11 is 5.21. The largest absolute Gasteiger partial charge is 0.314 e. The van der Waals surface area contributed by atoms with E-state index in [1.807, 2.05) is 24.0 Å². The molecular formula is C9H11BrN4S. The van der Waals surface area contributed by atoms with Crippen molar-refractivity contribution in [3.05, 3.63) is 32.7 Å². The lowest BCUT2D eigenvalue weighted by atomic mass is 10.4. The zero-order chi connectivity index (χ0) is 10.7. The molecule has 6 heteroatoms. The highest BCUT2D eigenvalue weighted by Crippen LogP contribution is 2.23. The number of hydrogen-bond donors (Lipinski definition) is 1. The highest BCUT2D eigenvalue weighted by Gasteiger charge is 2.04. The van der Waals surface area contributed by atoms with Crippen molar-refractivity contribution in [2.75, 3.05) is 7.05 Å². The Morgan fingerprint density at radius 1 is 1.60 bits per heavy atom. The second-order valence-electron chi connectivity index (χ2n) is 3.13. The third-order valence-electron chi connectivity index (χ3n) is 1.94. The molecule has 0 bridgehead atoms. The first kappa shape index (κ1) is 10.8. The standard InChI is InChI=1S/C9H11BrN4S/c1-11-4-7-5-14(13-12-7)6-9-8(10)2-3-15-9/h2-3,5,11H,4,6H2,1H3. The third kappa shape index (κ3) is 2.64.